The summed E-state index contributed by atoms with van der Waals surface area (Å²) in [5, 5.41) is 0. The van der Waals surface area contributed by atoms with Crippen LogP contribution in [0, 0.1) is 6.92 Å². The molecule has 0 unspecified atom stereocenters. The maximum atomic E-state index is 11.4. The molecule has 0 saturated carbocycles. The van der Waals surface area contributed by atoms with Crippen molar-refractivity contribution in [3.05, 3.63) is 45.5 Å². The monoisotopic (exact) mass is 307 g/mol. The van der Waals surface area contributed by atoms with Crippen molar-refractivity contribution in [1.82, 2.24) is 14.9 Å². The van der Waals surface area contributed by atoms with Gasteiger partial charge in [-0.3, -0.25) is 0 Å². The number of nitrogens with one attached hydrogen (secondary N) is 1. The molecule has 0 bridgehead atoms. The molecule has 114 valence electrons. The second kappa shape index (κ2) is 6.95. The molecule has 0 aliphatic heterocycles. The van der Waals surface area contributed by atoms with E-state index in [0.717, 1.165) is 46.5 Å². The van der Waals surface area contributed by atoms with Gasteiger partial charge in [0.05, 0.1) is 18.0 Å². The highest BCUT2D eigenvalue weighted by molar-refractivity contribution is 7.98. The zero-order valence-electron chi connectivity index (χ0n) is 12.9. The molecule has 0 fully saturated rings. The van der Waals surface area contributed by atoms with Crippen molar-refractivity contribution < 1.29 is 4.42 Å². The highest BCUT2D eigenvalue weighted by Crippen LogP contribution is 2.28. The number of nitrogens with zero attached hydrogens (tertiary/aromatic N) is 2. The quantitative estimate of drug-likeness (QED) is 0.831. The molecular formula is C15H21N3O2S. The van der Waals surface area contributed by atoms with E-state index in [-0.39, 0.29) is 5.69 Å². The molecule has 0 saturated heterocycles. The van der Waals surface area contributed by atoms with Gasteiger partial charge in [-0.05, 0) is 39.6 Å². The molecule has 21 heavy (non-hydrogen) atoms. The van der Waals surface area contributed by atoms with E-state index in [1.165, 1.54) is 0 Å². The van der Waals surface area contributed by atoms with E-state index in [2.05, 4.69) is 14.9 Å². The molecule has 5 nitrogen and oxygen atoms in total. The summed E-state index contributed by atoms with van der Waals surface area (Å²) < 4.78 is 5.80. The van der Waals surface area contributed by atoms with Crippen LogP contribution >= 0.6 is 11.8 Å². The Bertz CT molecular complexity index is 661. The largest absolute Gasteiger partial charge is 0.464 e. The lowest BCUT2D eigenvalue weighted by atomic mass is 10.3. The fourth-order valence-electron chi connectivity index (χ4n) is 2.11. The standard InChI is InChI=1S/C15H21N3O2S/c1-5-13-14(10(2)16-15(19)17-13)21-9-12-7-6-11(20-12)8-18(3)4/h6-7H,5,8-9H2,1-4H3,(H,16,17,19). The number of H-pyrrole nitrogens is 1. The van der Waals surface area contributed by atoms with Crippen LogP contribution in [0.5, 0.6) is 0 Å². The van der Waals surface area contributed by atoms with Crippen LogP contribution in [0.2, 0.25) is 0 Å². The summed E-state index contributed by atoms with van der Waals surface area (Å²) in [7, 11) is 4.03. The fourth-order valence-corrected chi connectivity index (χ4v) is 3.17. The Morgan fingerprint density at radius 1 is 1.33 bits per heavy atom. The van der Waals surface area contributed by atoms with E-state index < -0.39 is 0 Å². The van der Waals surface area contributed by atoms with E-state index >= 15 is 0 Å². The van der Waals surface area contributed by atoms with Crippen LogP contribution in [0.3, 0.4) is 0 Å². The van der Waals surface area contributed by atoms with Crippen LogP contribution in [0.1, 0.15) is 29.8 Å². The summed E-state index contributed by atoms with van der Waals surface area (Å²) in [4.78, 5) is 21.3. The van der Waals surface area contributed by atoms with E-state index in [9.17, 15) is 4.79 Å². The molecule has 0 radical (unpaired) electrons. The molecule has 2 rings (SSSR count). The van der Waals surface area contributed by atoms with Gasteiger partial charge in [0.15, 0.2) is 0 Å². The molecule has 2 aromatic rings. The Balaban J connectivity index is 2.09. The first-order valence-corrected chi connectivity index (χ1v) is 7.93. The van der Waals surface area contributed by atoms with Gasteiger partial charge in [-0.15, -0.1) is 11.8 Å². The Morgan fingerprint density at radius 3 is 2.71 bits per heavy atom. The normalized spacial score (nSPS) is 11.3. The summed E-state index contributed by atoms with van der Waals surface area (Å²) in [6.07, 6.45) is 0.747. The van der Waals surface area contributed by atoms with Gasteiger partial charge in [0, 0.05) is 10.6 Å². The molecular weight excluding hydrogens is 286 g/mol. The minimum Gasteiger partial charge on any atom is -0.464 e. The summed E-state index contributed by atoms with van der Waals surface area (Å²) in [5.74, 6) is 2.63. The van der Waals surface area contributed by atoms with Crippen LogP contribution in [-0.2, 0) is 18.7 Å². The molecule has 0 amide bonds. The third-order valence-corrected chi connectivity index (χ3v) is 4.28. The van der Waals surface area contributed by atoms with Gasteiger partial charge < -0.3 is 14.3 Å². The van der Waals surface area contributed by atoms with E-state index in [1.807, 2.05) is 40.1 Å². The molecule has 0 atom stereocenters. The Morgan fingerprint density at radius 2 is 2.05 bits per heavy atom. The second-order valence-electron chi connectivity index (χ2n) is 5.19. The Labute approximate surface area is 128 Å². The van der Waals surface area contributed by atoms with Crippen molar-refractivity contribution in [2.45, 2.75) is 37.5 Å². The van der Waals surface area contributed by atoms with Gasteiger partial charge in [-0.2, -0.15) is 4.98 Å². The number of aryl methyl sites for hydroxylation is 2. The highest BCUT2D eigenvalue weighted by atomic mass is 32.2. The summed E-state index contributed by atoms with van der Waals surface area (Å²) >= 11 is 1.65. The van der Waals surface area contributed by atoms with Crippen LogP contribution in [0.25, 0.3) is 0 Å². The van der Waals surface area contributed by atoms with Crippen molar-refractivity contribution in [3.63, 3.8) is 0 Å². The summed E-state index contributed by atoms with van der Waals surface area (Å²) in [6, 6.07) is 4.01. The van der Waals surface area contributed by atoms with Gasteiger partial charge in [0.1, 0.15) is 11.5 Å². The lowest BCUT2D eigenvalue weighted by molar-refractivity contribution is 0.344. The van der Waals surface area contributed by atoms with Crippen molar-refractivity contribution in [3.8, 4) is 0 Å². The van der Waals surface area contributed by atoms with Gasteiger partial charge in [-0.25, -0.2) is 4.79 Å². The van der Waals surface area contributed by atoms with Gasteiger partial charge in [-0.1, -0.05) is 6.92 Å². The third-order valence-electron chi connectivity index (χ3n) is 3.02. The number of hydrogen-bond donors (Lipinski definition) is 1. The maximum Gasteiger partial charge on any atom is 0.345 e. The lowest BCUT2D eigenvalue weighted by Gasteiger charge is -2.08. The predicted molar refractivity (Wildman–Crippen MR) is 84.6 cm³/mol. The summed E-state index contributed by atoms with van der Waals surface area (Å²) in [6.45, 7) is 4.71. The zero-order valence-corrected chi connectivity index (χ0v) is 13.7. The first-order valence-electron chi connectivity index (χ1n) is 6.94. The fraction of sp³-hybridized carbons (Fsp3) is 0.467. The van der Waals surface area contributed by atoms with Crippen molar-refractivity contribution in [2.75, 3.05) is 14.1 Å². The van der Waals surface area contributed by atoms with Crippen LogP contribution in [0.4, 0.5) is 0 Å². The smallest absolute Gasteiger partial charge is 0.345 e. The predicted octanol–water partition coefficient (Wildman–Crippen LogP) is 2.59. The van der Waals surface area contributed by atoms with Crippen molar-refractivity contribution in [2.24, 2.45) is 0 Å². The minimum atomic E-state index is -0.278. The van der Waals surface area contributed by atoms with E-state index in [1.54, 1.807) is 11.8 Å². The van der Waals surface area contributed by atoms with Crippen LogP contribution < -0.4 is 5.69 Å². The van der Waals surface area contributed by atoms with Gasteiger partial charge >= 0.3 is 5.69 Å². The first kappa shape index (κ1) is 15.9. The minimum absolute atomic E-state index is 0.278. The van der Waals surface area contributed by atoms with Gasteiger partial charge in [0.2, 0.25) is 0 Å². The first-order chi connectivity index (χ1) is 9.99. The molecule has 1 N–H and O–H groups in total. The second-order valence-corrected chi connectivity index (χ2v) is 6.18. The molecule has 0 aromatic carbocycles. The van der Waals surface area contributed by atoms with Crippen LogP contribution in [0.15, 0.2) is 26.2 Å². The number of aromatic amines is 1. The Hall–Kier alpha value is -1.53. The number of furan rings is 1. The molecule has 6 heteroatoms. The third kappa shape index (κ3) is 4.22. The molecule has 2 aromatic heterocycles. The van der Waals surface area contributed by atoms with E-state index in [0.29, 0.717) is 0 Å². The summed E-state index contributed by atoms with van der Waals surface area (Å²) in [5.41, 5.74) is 1.44. The molecule has 0 aliphatic carbocycles. The highest BCUT2D eigenvalue weighted by Gasteiger charge is 2.11. The zero-order chi connectivity index (χ0) is 15.4. The molecule has 0 aliphatic rings. The topological polar surface area (TPSA) is 62.1 Å². The SMILES string of the molecule is CCc1nc(=O)[nH]c(C)c1SCc1ccc(CN(C)C)o1. The number of hydrogen-bond acceptors (Lipinski definition) is 5. The number of aromatic nitrogens is 2. The van der Waals surface area contributed by atoms with Crippen LogP contribution in [-0.4, -0.2) is 29.0 Å². The van der Waals surface area contributed by atoms with Gasteiger partial charge in [0.25, 0.3) is 0 Å². The molecule has 0 spiro atoms. The average molecular weight is 307 g/mol. The lowest BCUT2D eigenvalue weighted by Crippen LogP contribution is -2.15. The van der Waals surface area contributed by atoms with Crippen molar-refractivity contribution >= 4 is 11.8 Å². The molecule has 2 heterocycles. The Kier molecular flexibility index (Phi) is 5.25. The average Bonchev–Trinajstić information content (AvgIpc) is 2.83. The maximum absolute atomic E-state index is 11.4. The van der Waals surface area contributed by atoms with Crippen molar-refractivity contribution in [1.29, 1.82) is 0 Å². The number of thioether (sulfide) groups is 1. The van der Waals surface area contributed by atoms with E-state index in [4.69, 9.17) is 4.42 Å². The number of rotatable bonds is 6.